The molecule has 25 heavy (non-hydrogen) atoms. The van der Waals surface area contributed by atoms with E-state index in [1.807, 2.05) is 17.0 Å². The van der Waals surface area contributed by atoms with Gasteiger partial charge in [0.15, 0.2) is 0 Å². The third kappa shape index (κ3) is 2.97. The Labute approximate surface area is 150 Å². The van der Waals surface area contributed by atoms with E-state index in [9.17, 15) is 4.79 Å². The van der Waals surface area contributed by atoms with E-state index in [0.29, 0.717) is 24.0 Å². The molecule has 0 saturated carbocycles. The standard InChI is InChI=1S/C20H30N2O3/c1-5-12-6-7-17(24-12)18(20(2,3)4)21-19(23)22-10-13-14(11-22)16-9-8-15(13)25-16/h6-7,13-16,18H,5,8-11H2,1-4H3,(H,21,23)/t13-,14-,15-,16-,18+/m1/s1. The van der Waals surface area contributed by atoms with Crippen LogP contribution in [0.1, 0.15) is 58.1 Å². The van der Waals surface area contributed by atoms with Crippen molar-refractivity contribution in [3.05, 3.63) is 23.7 Å². The highest BCUT2D eigenvalue weighted by Gasteiger charge is 2.54. The van der Waals surface area contributed by atoms with Gasteiger partial charge in [-0.2, -0.15) is 0 Å². The van der Waals surface area contributed by atoms with Gasteiger partial charge in [0.1, 0.15) is 11.5 Å². The molecule has 138 valence electrons. The molecule has 3 saturated heterocycles. The maximum absolute atomic E-state index is 12.9. The van der Waals surface area contributed by atoms with E-state index in [2.05, 4.69) is 33.0 Å². The lowest BCUT2D eigenvalue weighted by atomic mass is 9.82. The maximum Gasteiger partial charge on any atom is 0.318 e. The minimum absolute atomic E-state index is 0.0307. The van der Waals surface area contributed by atoms with Gasteiger partial charge < -0.3 is 19.4 Å². The number of furan rings is 1. The Morgan fingerprint density at radius 1 is 1.24 bits per heavy atom. The number of aryl methyl sites for hydroxylation is 1. The van der Waals surface area contributed by atoms with Crippen LogP contribution < -0.4 is 5.32 Å². The lowest BCUT2D eigenvalue weighted by Crippen LogP contribution is -2.44. The molecule has 0 radical (unpaired) electrons. The Bertz CT molecular complexity index is 630. The van der Waals surface area contributed by atoms with E-state index in [1.54, 1.807) is 0 Å². The summed E-state index contributed by atoms with van der Waals surface area (Å²) in [6.07, 6.45) is 3.95. The van der Waals surface area contributed by atoms with Gasteiger partial charge in [-0.3, -0.25) is 0 Å². The molecule has 2 bridgehead atoms. The minimum atomic E-state index is -0.131. The van der Waals surface area contributed by atoms with Crippen LogP contribution in [0.4, 0.5) is 4.79 Å². The summed E-state index contributed by atoms with van der Waals surface area (Å²) < 4.78 is 12.0. The van der Waals surface area contributed by atoms with Crippen molar-refractivity contribution in [3.8, 4) is 0 Å². The van der Waals surface area contributed by atoms with Gasteiger partial charge >= 0.3 is 6.03 Å². The van der Waals surface area contributed by atoms with Gasteiger partial charge in [-0.1, -0.05) is 27.7 Å². The number of nitrogens with zero attached hydrogens (tertiary/aromatic N) is 1. The Morgan fingerprint density at radius 2 is 1.88 bits per heavy atom. The molecule has 5 nitrogen and oxygen atoms in total. The highest BCUT2D eigenvalue weighted by molar-refractivity contribution is 5.75. The van der Waals surface area contributed by atoms with Crippen molar-refractivity contribution in [1.82, 2.24) is 10.2 Å². The van der Waals surface area contributed by atoms with Gasteiger partial charge in [0.05, 0.1) is 18.2 Å². The van der Waals surface area contributed by atoms with Crippen molar-refractivity contribution in [2.75, 3.05) is 13.1 Å². The Kier molecular flexibility index (Phi) is 4.10. The molecule has 0 aliphatic carbocycles. The monoisotopic (exact) mass is 346 g/mol. The molecule has 3 aliphatic heterocycles. The third-order valence-electron chi connectivity index (χ3n) is 6.19. The third-order valence-corrected chi connectivity index (χ3v) is 6.19. The predicted octanol–water partition coefficient (Wildman–Crippen LogP) is 3.75. The molecule has 0 aromatic carbocycles. The zero-order valence-corrected chi connectivity index (χ0v) is 15.7. The number of urea groups is 1. The predicted molar refractivity (Wildman–Crippen MR) is 95.3 cm³/mol. The number of hydrogen-bond donors (Lipinski definition) is 1. The largest absolute Gasteiger partial charge is 0.464 e. The minimum Gasteiger partial charge on any atom is -0.464 e. The van der Waals surface area contributed by atoms with Crippen molar-refractivity contribution in [3.63, 3.8) is 0 Å². The van der Waals surface area contributed by atoms with E-state index >= 15 is 0 Å². The first-order chi connectivity index (χ1) is 11.9. The Morgan fingerprint density at radius 3 is 2.40 bits per heavy atom. The van der Waals surface area contributed by atoms with Crippen molar-refractivity contribution in [2.45, 2.75) is 65.2 Å². The maximum atomic E-state index is 12.9. The molecule has 2 amide bonds. The van der Waals surface area contributed by atoms with Gasteiger partial charge in [-0.15, -0.1) is 0 Å². The zero-order valence-electron chi connectivity index (χ0n) is 15.7. The first kappa shape index (κ1) is 17.0. The second kappa shape index (κ2) is 6.04. The fraction of sp³-hybridized carbons (Fsp3) is 0.750. The Balaban J connectivity index is 1.46. The molecular weight excluding hydrogens is 316 g/mol. The molecule has 4 heterocycles. The van der Waals surface area contributed by atoms with Crippen molar-refractivity contribution >= 4 is 6.03 Å². The number of fused-ring (bicyclic) bond motifs is 5. The van der Waals surface area contributed by atoms with Crippen LogP contribution >= 0.6 is 0 Å². The lowest BCUT2D eigenvalue weighted by molar-refractivity contribution is 0.0731. The summed E-state index contributed by atoms with van der Waals surface area (Å²) in [6, 6.07) is 3.91. The molecule has 4 rings (SSSR count). The smallest absolute Gasteiger partial charge is 0.318 e. The van der Waals surface area contributed by atoms with Crippen LogP contribution in [0, 0.1) is 17.3 Å². The quantitative estimate of drug-likeness (QED) is 0.907. The molecule has 1 aromatic heterocycles. The number of carbonyl (C=O) groups is 1. The summed E-state index contributed by atoms with van der Waals surface area (Å²) in [6.45, 7) is 10.1. The second-order valence-electron chi connectivity index (χ2n) is 8.93. The first-order valence-corrected chi connectivity index (χ1v) is 9.66. The van der Waals surface area contributed by atoms with Crippen molar-refractivity contribution < 1.29 is 13.9 Å². The van der Waals surface area contributed by atoms with Crippen molar-refractivity contribution in [2.24, 2.45) is 17.3 Å². The summed E-state index contributed by atoms with van der Waals surface area (Å²) in [5.41, 5.74) is -0.115. The second-order valence-corrected chi connectivity index (χ2v) is 8.93. The topological polar surface area (TPSA) is 54.7 Å². The van der Waals surface area contributed by atoms with Gasteiger partial charge in [-0.05, 0) is 30.4 Å². The van der Waals surface area contributed by atoms with Crippen LogP contribution in [-0.2, 0) is 11.2 Å². The van der Waals surface area contributed by atoms with Gasteiger partial charge in [0.25, 0.3) is 0 Å². The number of hydrogen-bond acceptors (Lipinski definition) is 3. The highest BCUT2D eigenvalue weighted by atomic mass is 16.5. The number of likely N-dealkylation sites (tertiary alicyclic amines) is 1. The van der Waals surface area contributed by atoms with Crippen LogP contribution in [0.25, 0.3) is 0 Å². The first-order valence-electron chi connectivity index (χ1n) is 9.66. The molecule has 5 heteroatoms. The van der Waals surface area contributed by atoms with E-state index in [1.165, 1.54) is 0 Å². The molecule has 1 aromatic rings. The number of carbonyl (C=O) groups excluding carboxylic acids is 1. The van der Waals surface area contributed by atoms with Crippen LogP contribution in [0.3, 0.4) is 0 Å². The summed E-state index contributed by atoms with van der Waals surface area (Å²) in [7, 11) is 0. The molecule has 1 N–H and O–H groups in total. The molecule has 0 spiro atoms. The fourth-order valence-electron chi connectivity index (χ4n) is 4.79. The number of amides is 2. The van der Waals surface area contributed by atoms with E-state index < -0.39 is 0 Å². The zero-order chi connectivity index (χ0) is 17.8. The van der Waals surface area contributed by atoms with Crippen molar-refractivity contribution in [1.29, 1.82) is 0 Å². The normalized spacial score (nSPS) is 32.1. The highest BCUT2D eigenvalue weighted by Crippen LogP contribution is 2.47. The van der Waals surface area contributed by atoms with E-state index in [0.717, 1.165) is 43.9 Å². The van der Waals surface area contributed by atoms with Crippen LogP contribution in [0.5, 0.6) is 0 Å². The van der Waals surface area contributed by atoms with Crippen LogP contribution in [0.15, 0.2) is 16.5 Å². The average molecular weight is 346 g/mol. The van der Waals surface area contributed by atoms with Gasteiger partial charge in [0.2, 0.25) is 0 Å². The average Bonchev–Trinajstić information content (AvgIpc) is 3.32. The SMILES string of the molecule is CCc1ccc([C@H](NC(=O)N2C[C@@H]3[C@@H](C2)[C@H]2CC[C@H]3O2)C(C)(C)C)o1. The summed E-state index contributed by atoms with van der Waals surface area (Å²) in [4.78, 5) is 14.9. The summed E-state index contributed by atoms with van der Waals surface area (Å²) in [5.74, 6) is 2.88. The molecule has 0 unspecified atom stereocenters. The molecule has 3 aliphatic rings. The van der Waals surface area contributed by atoms with Crippen LogP contribution in [0.2, 0.25) is 0 Å². The summed E-state index contributed by atoms with van der Waals surface area (Å²) in [5, 5.41) is 3.24. The number of ether oxygens (including phenoxy) is 1. The summed E-state index contributed by atoms with van der Waals surface area (Å²) >= 11 is 0. The fourth-order valence-corrected chi connectivity index (χ4v) is 4.79. The van der Waals surface area contributed by atoms with E-state index in [4.69, 9.17) is 9.15 Å². The number of nitrogens with one attached hydrogen (secondary N) is 1. The van der Waals surface area contributed by atoms with E-state index in [-0.39, 0.29) is 17.5 Å². The molecular formula is C20H30N2O3. The van der Waals surface area contributed by atoms with Gasteiger partial charge in [0, 0.05) is 31.3 Å². The molecule has 5 atom stereocenters. The van der Waals surface area contributed by atoms with Crippen LogP contribution in [-0.4, -0.2) is 36.2 Å². The Hall–Kier alpha value is -1.49. The molecule has 3 fully saturated rings. The van der Waals surface area contributed by atoms with Gasteiger partial charge in [-0.25, -0.2) is 4.79 Å². The number of rotatable bonds is 3. The lowest BCUT2D eigenvalue weighted by Gasteiger charge is -2.32.